The van der Waals surface area contributed by atoms with Crippen molar-refractivity contribution < 1.29 is 9.13 Å². The van der Waals surface area contributed by atoms with Crippen LogP contribution in [0.4, 0.5) is 4.39 Å². The van der Waals surface area contributed by atoms with E-state index in [1.54, 1.807) is 13.2 Å². The van der Waals surface area contributed by atoms with Crippen molar-refractivity contribution in [3.05, 3.63) is 29.6 Å². The van der Waals surface area contributed by atoms with E-state index in [2.05, 4.69) is 12.2 Å². The Morgan fingerprint density at radius 2 is 2.26 bits per heavy atom. The number of ether oxygens (including phenoxy) is 1. The number of thioether (sulfide) groups is 1. The normalized spacial score (nSPS) is 22.7. The van der Waals surface area contributed by atoms with E-state index in [1.165, 1.54) is 25.3 Å². The van der Waals surface area contributed by atoms with Gasteiger partial charge >= 0.3 is 0 Å². The third-order valence-corrected chi connectivity index (χ3v) is 4.97. The Kier molecular flexibility index (Phi) is 5.52. The second-order valence-electron chi connectivity index (χ2n) is 4.87. The quantitative estimate of drug-likeness (QED) is 0.862. The van der Waals surface area contributed by atoms with E-state index in [9.17, 15) is 4.39 Å². The van der Waals surface area contributed by atoms with Gasteiger partial charge in [-0.1, -0.05) is 19.4 Å². The zero-order valence-electron chi connectivity index (χ0n) is 11.6. The summed E-state index contributed by atoms with van der Waals surface area (Å²) in [6.07, 6.45) is 3.76. The van der Waals surface area contributed by atoms with Crippen LogP contribution in [0.3, 0.4) is 0 Å². The number of benzene rings is 1. The predicted molar refractivity (Wildman–Crippen MR) is 79.4 cm³/mol. The number of hydrogen-bond acceptors (Lipinski definition) is 3. The minimum atomic E-state index is -0.190. The van der Waals surface area contributed by atoms with Crippen molar-refractivity contribution in [2.45, 2.75) is 44.0 Å². The summed E-state index contributed by atoms with van der Waals surface area (Å²) in [5.41, 5.74) is 0.716. The Bertz CT molecular complexity index is 413. The lowest BCUT2D eigenvalue weighted by Crippen LogP contribution is -2.33. The summed E-state index contributed by atoms with van der Waals surface area (Å²) in [6, 6.07) is 5.58. The molecular weight excluding hydrogens is 261 g/mol. The lowest BCUT2D eigenvalue weighted by molar-refractivity contribution is 0.410. The van der Waals surface area contributed by atoms with Crippen LogP contribution < -0.4 is 10.1 Å². The molecule has 2 rings (SSSR count). The van der Waals surface area contributed by atoms with Gasteiger partial charge in [-0.25, -0.2) is 4.39 Å². The van der Waals surface area contributed by atoms with Crippen molar-refractivity contribution in [1.29, 1.82) is 0 Å². The van der Waals surface area contributed by atoms with Gasteiger partial charge < -0.3 is 10.1 Å². The molecule has 0 radical (unpaired) electrons. The molecule has 0 aromatic heterocycles. The van der Waals surface area contributed by atoms with Gasteiger partial charge in [-0.05, 0) is 24.7 Å². The van der Waals surface area contributed by atoms with E-state index >= 15 is 0 Å². The van der Waals surface area contributed by atoms with Gasteiger partial charge in [0.1, 0.15) is 11.6 Å². The first kappa shape index (κ1) is 14.7. The first-order valence-corrected chi connectivity index (χ1v) is 7.97. The summed E-state index contributed by atoms with van der Waals surface area (Å²) in [5.74, 6) is 1.53. The second-order valence-corrected chi connectivity index (χ2v) is 6.39. The highest BCUT2D eigenvalue weighted by atomic mass is 32.2. The van der Waals surface area contributed by atoms with Crippen LogP contribution in [-0.4, -0.2) is 24.2 Å². The van der Waals surface area contributed by atoms with Crippen molar-refractivity contribution in [3.63, 3.8) is 0 Å². The topological polar surface area (TPSA) is 21.3 Å². The molecule has 1 N–H and O–H groups in total. The van der Waals surface area contributed by atoms with E-state index in [4.69, 9.17) is 4.74 Å². The number of methoxy groups -OCH3 is 1. The van der Waals surface area contributed by atoms with Crippen LogP contribution in [0.15, 0.2) is 18.2 Å². The Morgan fingerprint density at radius 3 is 2.95 bits per heavy atom. The summed E-state index contributed by atoms with van der Waals surface area (Å²) in [5, 5.41) is 4.20. The van der Waals surface area contributed by atoms with Crippen LogP contribution in [0.1, 0.15) is 31.7 Å². The van der Waals surface area contributed by atoms with Gasteiger partial charge in [0.15, 0.2) is 0 Å². The summed E-state index contributed by atoms with van der Waals surface area (Å²) in [7, 11) is 1.55. The lowest BCUT2D eigenvalue weighted by atomic mass is 10.1. The van der Waals surface area contributed by atoms with Gasteiger partial charge in [0.25, 0.3) is 0 Å². The van der Waals surface area contributed by atoms with E-state index in [1.807, 2.05) is 17.8 Å². The maximum absolute atomic E-state index is 13.8. The molecule has 1 aromatic carbocycles. The molecule has 2 nitrogen and oxygen atoms in total. The predicted octanol–water partition coefficient (Wildman–Crippen LogP) is 3.60. The Hall–Kier alpha value is -0.740. The molecule has 1 saturated carbocycles. The van der Waals surface area contributed by atoms with E-state index < -0.39 is 0 Å². The van der Waals surface area contributed by atoms with Gasteiger partial charge in [-0.2, -0.15) is 11.8 Å². The monoisotopic (exact) mass is 283 g/mol. The summed E-state index contributed by atoms with van der Waals surface area (Å²) >= 11 is 2.02. The molecular formula is C15H22FNOS. The van der Waals surface area contributed by atoms with Crippen LogP contribution in [0.5, 0.6) is 5.75 Å². The summed E-state index contributed by atoms with van der Waals surface area (Å²) in [6.45, 7) is 2.80. The fourth-order valence-electron chi connectivity index (χ4n) is 2.61. The third kappa shape index (κ3) is 3.86. The SMILES string of the molecule is CCSC1CCCC1NCc1ccc(OC)cc1F. The average molecular weight is 283 g/mol. The number of hydrogen-bond donors (Lipinski definition) is 1. The van der Waals surface area contributed by atoms with Crippen molar-refractivity contribution in [1.82, 2.24) is 5.32 Å². The zero-order chi connectivity index (χ0) is 13.7. The van der Waals surface area contributed by atoms with Crippen LogP contribution in [0.2, 0.25) is 0 Å². The van der Waals surface area contributed by atoms with Crippen molar-refractivity contribution >= 4 is 11.8 Å². The maximum atomic E-state index is 13.8. The zero-order valence-corrected chi connectivity index (χ0v) is 12.4. The molecule has 1 aliphatic carbocycles. The van der Waals surface area contributed by atoms with Gasteiger partial charge in [-0.3, -0.25) is 0 Å². The molecule has 1 fully saturated rings. The summed E-state index contributed by atoms with van der Waals surface area (Å²) < 4.78 is 18.8. The van der Waals surface area contributed by atoms with E-state index in [-0.39, 0.29) is 5.82 Å². The molecule has 106 valence electrons. The minimum absolute atomic E-state index is 0.190. The molecule has 4 heteroatoms. The second kappa shape index (κ2) is 7.15. The molecule has 2 atom stereocenters. The molecule has 1 aromatic rings. The fraction of sp³-hybridized carbons (Fsp3) is 0.600. The van der Waals surface area contributed by atoms with Crippen LogP contribution in [0, 0.1) is 5.82 Å². The van der Waals surface area contributed by atoms with Gasteiger partial charge in [-0.15, -0.1) is 0 Å². The van der Waals surface area contributed by atoms with Gasteiger partial charge in [0.2, 0.25) is 0 Å². The van der Waals surface area contributed by atoms with Crippen molar-refractivity contribution in [2.75, 3.05) is 12.9 Å². The molecule has 2 unspecified atom stereocenters. The number of halogens is 1. The van der Waals surface area contributed by atoms with Crippen LogP contribution in [0.25, 0.3) is 0 Å². The molecule has 0 amide bonds. The summed E-state index contributed by atoms with van der Waals surface area (Å²) in [4.78, 5) is 0. The lowest BCUT2D eigenvalue weighted by Gasteiger charge is -2.20. The standard InChI is InChI=1S/C15H22FNOS/c1-3-19-15-6-4-5-14(15)17-10-11-7-8-12(18-2)9-13(11)16/h7-9,14-15,17H,3-6,10H2,1-2H3. The number of nitrogens with one attached hydrogen (secondary N) is 1. The Labute approximate surface area is 119 Å². The Balaban J connectivity index is 1.91. The maximum Gasteiger partial charge on any atom is 0.131 e. The molecule has 0 heterocycles. The largest absolute Gasteiger partial charge is 0.497 e. The first-order chi connectivity index (χ1) is 9.24. The first-order valence-electron chi connectivity index (χ1n) is 6.92. The van der Waals surface area contributed by atoms with Gasteiger partial charge in [0, 0.05) is 29.5 Å². The van der Waals surface area contributed by atoms with Crippen LogP contribution >= 0.6 is 11.8 Å². The van der Waals surface area contributed by atoms with E-state index in [0.717, 1.165) is 5.75 Å². The minimum Gasteiger partial charge on any atom is -0.497 e. The molecule has 0 bridgehead atoms. The van der Waals surface area contributed by atoms with E-state index in [0.29, 0.717) is 29.1 Å². The fourth-order valence-corrected chi connectivity index (χ4v) is 3.84. The molecule has 0 saturated heterocycles. The van der Waals surface area contributed by atoms with Gasteiger partial charge in [0.05, 0.1) is 7.11 Å². The highest BCUT2D eigenvalue weighted by molar-refractivity contribution is 7.99. The highest BCUT2D eigenvalue weighted by Crippen LogP contribution is 2.30. The van der Waals surface area contributed by atoms with Crippen molar-refractivity contribution in [3.8, 4) is 5.75 Å². The van der Waals surface area contributed by atoms with Crippen LogP contribution in [-0.2, 0) is 6.54 Å². The highest BCUT2D eigenvalue weighted by Gasteiger charge is 2.26. The smallest absolute Gasteiger partial charge is 0.131 e. The average Bonchev–Trinajstić information content (AvgIpc) is 2.85. The number of rotatable bonds is 6. The van der Waals surface area contributed by atoms with Crippen molar-refractivity contribution in [2.24, 2.45) is 0 Å². The molecule has 0 aliphatic heterocycles. The molecule has 1 aliphatic rings. The molecule has 0 spiro atoms. The molecule has 19 heavy (non-hydrogen) atoms. The Morgan fingerprint density at radius 1 is 1.42 bits per heavy atom. The third-order valence-electron chi connectivity index (χ3n) is 3.65.